The summed E-state index contributed by atoms with van der Waals surface area (Å²) >= 11 is 0. The first kappa shape index (κ1) is 16.2. The number of aromatic nitrogens is 2. The van der Waals surface area contributed by atoms with Crippen LogP contribution in [0.4, 0.5) is 20.3 Å². The first-order valence-corrected chi connectivity index (χ1v) is 7.69. The summed E-state index contributed by atoms with van der Waals surface area (Å²) in [5.41, 5.74) is 4.80. The summed E-state index contributed by atoms with van der Waals surface area (Å²) in [5, 5.41) is 7.71. The van der Waals surface area contributed by atoms with Crippen LogP contribution in [0.3, 0.4) is 0 Å². The van der Waals surface area contributed by atoms with E-state index in [-0.39, 0.29) is 0 Å². The second kappa shape index (κ2) is 6.07. The van der Waals surface area contributed by atoms with Gasteiger partial charge in [0, 0.05) is 24.4 Å². The van der Waals surface area contributed by atoms with Crippen molar-refractivity contribution in [3.63, 3.8) is 0 Å². The largest absolute Gasteiger partial charge is 0.340 e. The Morgan fingerprint density at radius 3 is 2.25 bits per heavy atom. The van der Waals surface area contributed by atoms with Crippen LogP contribution in [0, 0.1) is 32.4 Å². The van der Waals surface area contributed by atoms with Crippen molar-refractivity contribution >= 4 is 11.5 Å². The molecule has 3 nitrogen and oxygen atoms in total. The predicted octanol–water partition coefficient (Wildman–Crippen LogP) is 5.03. The van der Waals surface area contributed by atoms with E-state index in [1.165, 1.54) is 12.1 Å². The number of hydrogen-bond acceptors (Lipinski definition) is 2. The lowest BCUT2D eigenvalue weighted by Gasteiger charge is -2.12. The average molecular weight is 327 g/mol. The summed E-state index contributed by atoms with van der Waals surface area (Å²) in [5.74, 6) is -0.529. The summed E-state index contributed by atoms with van der Waals surface area (Å²) in [6.45, 7) is 5.85. The number of benzene rings is 2. The molecule has 3 aromatic rings. The van der Waals surface area contributed by atoms with Crippen LogP contribution in [0.1, 0.15) is 16.8 Å². The Morgan fingerprint density at radius 2 is 1.62 bits per heavy atom. The van der Waals surface area contributed by atoms with Gasteiger partial charge in [-0.15, -0.1) is 0 Å². The Kier molecular flexibility index (Phi) is 4.09. The molecule has 5 heteroatoms. The molecule has 1 aromatic heterocycles. The summed E-state index contributed by atoms with van der Waals surface area (Å²) in [7, 11) is 1.79. The van der Waals surface area contributed by atoms with Crippen LogP contribution < -0.4 is 5.32 Å². The standard InChI is InChI=1S/C19H19F2N3/c1-11-7-12(2)9-15(8-11)22-19-18(13(3)23-24(19)4)16-6-5-14(20)10-17(16)21/h5-10,22H,1-4H3. The molecule has 0 aliphatic carbocycles. The van der Waals surface area contributed by atoms with Gasteiger partial charge in [0.05, 0.1) is 11.3 Å². The molecule has 0 bridgehead atoms. The Balaban J connectivity index is 2.12. The van der Waals surface area contributed by atoms with Crippen LogP contribution in [0.2, 0.25) is 0 Å². The van der Waals surface area contributed by atoms with E-state index in [1.54, 1.807) is 11.7 Å². The lowest BCUT2D eigenvalue weighted by molar-refractivity contribution is 0.585. The smallest absolute Gasteiger partial charge is 0.136 e. The summed E-state index contributed by atoms with van der Waals surface area (Å²) < 4.78 is 29.2. The van der Waals surface area contributed by atoms with Crippen molar-refractivity contribution in [3.05, 3.63) is 64.9 Å². The van der Waals surface area contributed by atoms with Crippen molar-refractivity contribution in [1.82, 2.24) is 9.78 Å². The van der Waals surface area contributed by atoms with Gasteiger partial charge in [-0.2, -0.15) is 5.10 Å². The fourth-order valence-electron chi connectivity index (χ4n) is 3.00. The normalized spacial score (nSPS) is 10.9. The van der Waals surface area contributed by atoms with E-state index in [9.17, 15) is 8.78 Å². The molecule has 0 atom stereocenters. The van der Waals surface area contributed by atoms with E-state index in [1.807, 2.05) is 32.9 Å². The number of hydrogen-bond donors (Lipinski definition) is 1. The van der Waals surface area contributed by atoms with Crippen molar-refractivity contribution in [2.45, 2.75) is 20.8 Å². The molecule has 2 aromatic carbocycles. The molecule has 0 amide bonds. The number of nitrogens with one attached hydrogen (secondary N) is 1. The van der Waals surface area contributed by atoms with Gasteiger partial charge in [0.15, 0.2) is 0 Å². The van der Waals surface area contributed by atoms with Gasteiger partial charge >= 0.3 is 0 Å². The summed E-state index contributed by atoms with van der Waals surface area (Å²) in [6, 6.07) is 9.70. The van der Waals surface area contributed by atoms with Gasteiger partial charge in [-0.1, -0.05) is 6.07 Å². The number of nitrogens with zero attached hydrogens (tertiary/aromatic N) is 2. The number of halogens is 2. The third-order valence-corrected chi connectivity index (χ3v) is 3.91. The van der Waals surface area contributed by atoms with E-state index in [4.69, 9.17) is 0 Å². The van der Waals surface area contributed by atoms with Gasteiger partial charge in [-0.3, -0.25) is 4.68 Å². The third kappa shape index (κ3) is 3.02. The maximum absolute atomic E-state index is 14.3. The number of rotatable bonds is 3. The Bertz CT molecular complexity index is 893. The van der Waals surface area contributed by atoms with Crippen LogP contribution in [0.15, 0.2) is 36.4 Å². The molecule has 0 fully saturated rings. The highest BCUT2D eigenvalue weighted by Gasteiger charge is 2.19. The maximum atomic E-state index is 14.3. The average Bonchev–Trinajstić information content (AvgIpc) is 2.73. The van der Waals surface area contributed by atoms with Crippen molar-refractivity contribution in [3.8, 4) is 11.1 Å². The van der Waals surface area contributed by atoms with Crippen LogP contribution >= 0.6 is 0 Å². The molecule has 0 radical (unpaired) electrons. The molecule has 0 aliphatic heterocycles. The minimum Gasteiger partial charge on any atom is -0.340 e. The first-order chi connectivity index (χ1) is 11.3. The zero-order valence-electron chi connectivity index (χ0n) is 14.1. The molecule has 0 spiro atoms. The minimum atomic E-state index is -0.602. The Labute approximate surface area is 139 Å². The van der Waals surface area contributed by atoms with Crippen LogP contribution in [-0.2, 0) is 7.05 Å². The zero-order valence-corrected chi connectivity index (χ0v) is 14.1. The van der Waals surface area contributed by atoms with E-state index in [2.05, 4.69) is 16.5 Å². The predicted molar refractivity (Wildman–Crippen MR) is 92.5 cm³/mol. The van der Waals surface area contributed by atoms with Gasteiger partial charge in [-0.25, -0.2) is 8.78 Å². The van der Waals surface area contributed by atoms with Crippen molar-refractivity contribution in [2.24, 2.45) is 7.05 Å². The van der Waals surface area contributed by atoms with Crippen LogP contribution in [0.25, 0.3) is 11.1 Å². The molecule has 0 saturated carbocycles. The fourth-order valence-corrected chi connectivity index (χ4v) is 3.00. The molecule has 1 N–H and O–H groups in total. The molecular formula is C19H19F2N3. The second-order valence-corrected chi connectivity index (χ2v) is 6.06. The fraction of sp³-hybridized carbons (Fsp3) is 0.211. The van der Waals surface area contributed by atoms with E-state index in [0.717, 1.165) is 22.9 Å². The highest BCUT2D eigenvalue weighted by Crippen LogP contribution is 2.35. The van der Waals surface area contributed by atoms with Gasteiger partial charge in [0.1, 0.15) is 17.5 Å². The topological polar surface area (TPSA) is 29.9 Å². The van der Waals surface area contributed by atoms with Crippen LogP contribution in [0.5, 0.6) is 0 Å². The Hall–Kier alpha value is -2.69. The monoisotopic (exact) mass is 327 g/mol. The molecule has 0 saturated heterocycles. The van der Waals surface area contributed by atoms with Crippen molar-refractivity contribution < 1.29 is 8.78 Å². The highest BCUT2D eigenvalue weighted by molar-refractivity contribution is 5.81. The quantitative estimate of drug-likeness (QED) is 0.731. The number of anilines is 2. The Morgan fingerprint density at radius 1 is 0.958 bits per heavy atom. The molecular weight excluding hydrogens is 308 g/mol. The SMILES string of the molecule is Cc1cc(C)cc(Nc2c(-c3ccc(F)cc3F)c(C)nn2C)c1. The molecule has 124 valence electrons. The lowest BCUT2D eigenvalue weighted by Crippen LogP contribution is -2.01. The van der Waals surface area contributed by atoms with Gasteiger partial charge < -0.3 is 5.32 Å². The summed E-state index contributed by atoms with van der Waals surface area (Å²) in [6.07, 6.45) is 0. The molecule has 0 aliphatic rings. The molecule has 1 heterocycles. The lowest BCUT2D eigenvalue weighted by atomic mass is 10.0. The summed E-state index contributed by atoms with van der Waals surface area (Å²) in [4.78, 5) is 0. The maximum Gasteiger partial charge on any atom is 0.136 e. The van der Waals surface area contributed by atoms with Crippen LogP contribution in [-0.4, -0.2) is 9.78 Å². The number of aryl methyl sites for hydroxylation is 4. The first-order valence-electron chi connectivity index (χ1n) is 7.69. The third-order valence-electron chi connectivity index (χ3n) is 3.91. The zero-order chi connectivity index (χ0) is 17.4. The van der Waals surface area contributed by atoms with Gasteiger partial charge in [-0.05, 0) is 56.2 Å². The van der Waals surface area contributed by atoms with Crippen molar-refractivity contribution in [1.29, 1.82) is 0 Å². The second-order valence-electron chi connectivity index (χ2n) is 6.06. The van der Waals surface area contributed by atoms with E-state index in [0.29, 0.717) is 22.6 Å². The molecule has 3 rings (SSSR count). The van der Waals surface area contributed by atoms with Crippen molar-refractivity contribution in [2.75, 3.05) is 5.32 Å². The van der Waals surface area contributed by atoms with Gasteiger partial charge in [0.25, 0.3) is 0 Å². The highest BCUT2D eigenvalue weighted by atomic mass is 19.1. The van der Waals surface area contributed by atoms with E-state index < -0.39 is 11.6 Å². The molecule has 0 unspecified atom stereocenters. The van der Waals surface area contributed by atoms with Gasteiger partial charge in [0.2, 0.25) is 0 Å². The minimum absolute atomic E-state index is 0.328. The van der Waals surface area contributed by atoms with E-state index >= 15 is 0 Å². The molecule has 24 heavy (non-hydrogen) atoms.